The number of halogens is 1. The van der Waals surface area contributed by atoms with E-state index in [1.54, 1.807) is 12.1 Å². The Morgan fingerprint density at radius 1 is 1.42 bits per heavy atom. The molecular weight excluding hydrogens is 384 g/mol. The van der Waals surface area contributed by atoms with E-state index >= 15 is 0 Å². The van der Waals surface area contributed by atoms with Crippen LogP contribution in [0.2, 0.25) is 5.02 Å². The summed E-state index contributed by atoms with van der Waals surface area (Å²) in [4.78, 5) is 31.2. The number of H-pyrrole nitrogens is 1. The van der Waals surface area contributed by atoms with E-state index in [4.69, 9.17) is 11.6 Å². The highest BCUT2D eigenvalue weighted by atomic mass is 35.5. The molecule has 3 rings (SSSR count). The smallest absolute Gasteiger partial charge is 0.275 e. The molecule has 1 aromatic heterocycles. The molecular formula is C15H15ClN4O5S. The number of nitrogens with one attached hydrogen (secondary N) is 1. The van der Waals surface area contributed by atoms with Crippen molar-refractivity contribution in [2.45, 2.75) is 24.7 Å². The number of aromatic nitrogens is 2. The number of nitrogens with zero attached hydrogens (tertiary/aromatic N) is 3. The number of rotatable bonds is 4. The molecule has 0 radical (unpaired) electrons. The van der Waals surface area contributed by atoms with Crippen molar-refractivity contribution >= 4 is 27.1 Å². The minimum Gasteiger partial charge on any atom is -0.297 e. The van der Waals surface area contributed by atoms with Crippen LogP contribution in [0, 0.1) is 10.1 Å². The van der Waals surface area contributed by atoms with Crippen molar-refractivity contribution < 1.29 is 13.3 Å². The lowest BCUT2D eigenvalue weighted by molar-refractivity contribution is -0.385. The van der Waals surface area contributed by atoms with Crippen molar-refractivity contribution in [1.82, 2.24) is 14.9 Å². The van der Waals surface area contributed by atoms with Gasteiger partial charge < -0.3 is 0 Å². The molecule has 0 saturated carbocycles. The van der Waals surface area contributed by atoms with Crippen LogP contribution in [0.25, 0.3) is 0 Å². The maximum atomic E-state index is 12.2. The molecule has 1 N–H and O–H groups in total. The molecule has 11 heteroatoms. The second-order valence-electron chi connectivity index (χ2n) is 6.06. The van der Waals surface area contributed by atoms with Crippen molar-refractivity contribution in [2.75, 3.05) is 12.8 Å². The van der Waals surface area contributed by atoms with Crippen molar-refractivity contribution in [1.29, 1.82) is 0 Å². The Balaban J connectivity index is 1.88. The molecule has 0 bridgehead atoms. The van der Waals surface area contributed by atoms with Crippen LogP contribution in [0.5, 0.6) is 0 Å². The summed E-state index contributed by atoms with van der Waals surface area (Å²) in [5, 5.41) is 11.1. The highest BCUT2D eigenvalue weighted by molar-refractivity contribution is 7.90. The Hall–Kier alpha value is -2.30. The van der Waals surface area contributed by atoms with Crippen molar-refractivity contribution in [2.24, 2.45) is 0 Å². The molecule has 26 heavy (non-hydrogen) atoms. The van der Waals surface area contributed by atoms with E-state index in [9.17, 15) is 23.3 Å². The average molecular weight is 399 g/mol. The molecule has 0 saturated heterocycles. The number of nitro benzene ring substituents is 1. The van der Waals surface area contributed by atoms with Crippen LogP contribution in [0.4, 0.5) is 5.69 Å². The van der Waals surface area contributed by atoms with Gasteiger partial charge >= 0.3 is 0 Å². The lowest BCUT2D eigenvalue weighted by atomic mass is 10.1. The molecule has 0 aliphatic carbocycles. The second-order valence-corrected chi connectivity index (χ2v) is 8.43. The van der Waals surface area contributed by atoms with Crippen LogP contribution < -0.4 is 5.56 Å². The summed E-state index contributed by atoms with van der Waals surface area (Å²) in [6.07, 6.45) is 1.36. The van der Waals surface area contributed by atoms with E-state index in [0.717, 1.165) is 6.26 Å². The minimum atomic E-state index is -3.61. The molecule has 9 nitrogen and oxygen atoms in total. The number of hydrogen-bond acceptors (Lipinski definition) is 7. The third-order valence-corrected chi connectivity index (χ3v) is 5.25. The largest absolute Gasteiger partial charge is 0.297 e. The molecule has 0 spiro atoms. The van der Waals surface area contributed by atoms with Gasteiger partial charge in [0.2, 0.25) is 15.0 Å². The van der Waals surface area contributed by atoms with Crippen molar-refractivity contribution in [3.63, 3.8) is 0 Å². The van der Waals surface area contributed by atoms with Crippen LogP contribution in [0.15, 0.2) is 28.2 Å². The molecule has 0 atom stereocenters. The highest BCUT2D eigenvalue weighted by Crippen LogP contribution is 2.26. The number of sulfone groups is 1. The molecule has 2 heterocycles. The standard InChI is InChI=1S/C15H15ClN4O5S/c1-26(24,25)15-17-12-4-5-19(8-11(12)14(21)18-15)7-9-2-3-10(16)6-13(9)20(22)23/h2-3,6H,4-5,7-8H2,1H3,(H,17,18,21). The second kappa shape index (κ2) is 6.78. The lowest BCUT2D eigenvalue weighted by Crippen LogP contribution is -2.36. The maximum absolute atomic E-state index is 12.2. The van der Waals surface area contributed by atoms with Gasteiger partial charge in [0.05, 0.1) is 16.2 Å². The predicted octanol–water partition coefficient (Wildman–Crippen LogP) is 1.29. The summed E-state index contributed by atoms with van der Waals surface area (Å²) in [7, 11) is -3.61. The van der Waals surface area contributed by atoms with E-state index < -0.39 is 20.3 Å². The number of aromatic amines is 1. The summed E-state index contributed by atoms with van der Waals surface area (Å²) in [6.45, 7) is 0.980. The third kappa shape index (κ3) is 3.76. The van der Waals surface area contributed by atoms with Gasteiger partial charge in [-0.25, -0.2) is 13.4 Å². The monoisotopic (exact) mass is 398 g/mol. The molecule has 0 unspecified atom stereocenters. The summed E-state index contributed by atoms with van der Waals surface area (Å²) in [5.74, 6) is 0. The Morgan fingerprint density at radius 2 is 2.15 bits per heavy atom. The normalized spacial score (nSPS) is 14.8. The topological polar surface area (TPSA) is 126 Å². The zero-order valence-electron chi connectivity index (χ0n) is 13.7. The first-order valence-corrected chi connectivity index (χ1v) is 9.89. The van der Waals surface area contributed by atoms with Gasteiger partial charge in [-0.15, -0.1) is 0 Å². The van der Waals surface area contributed by atoms with Crippen LogP contribution >= 0.6 is 11.6 Å². The van der Waals surface area contributed by atoms with Crippen molar-refractivity contribution in [3.05, 3.63) is 60.5 Å². The molecule has 138 valence electrons. The summed E-state index contributed by atoms with van der Waals surface area (Å²) >= 11 is 5.82. The van der Waals surface area contributed by atoms with E-state index in [-0.39, 0.29) is 29.0 Å². The number of fused-ring (bicyclic) bond motifs is 1. The van der Waals surface area contributed by atoms with Gasteiger partial charge in [-0.2, -0.15) is 0 Å². The first kappa shape index (κ1) is 18.5. The zero-order chi connectivity index (χ0) is 19.1. The van der Waals surface area contributed by atoms with Crippen LogP contribution in [0.3, 0.4) is 0 Å². The zero-order valence-corrected chi connectivity index (χ0v) is 15.3. The summed E-state index contributed by atoms with van der Waals surface area (Å²) < 4.78 is 23.2. The number of nitro groups is 1. The van der Waals surface area contributed by atoms with Crippen molar-refractivity contribution in [3.8, 4) is 0 Å². The lowest BCUT2D eigenvalue weighted by Gasteiger charge is -2.27. The third-order valence-electron chi connectivity index (χ3n) is 4.12. The number of benzene rings is 1. The Labute approximate surface area is 153 Å². The fourth-order valence-electron chi connectivity index (χ4n) is 2.85. The average Bonchev–Trinajstić information content (AvgIpc) is 2.55. The van der Waals surface area contributed by atoms with Gasteiger partial charge in [0.15, 0.2) is 0 Å². The van der Waals surface area contributed by atoms with E-state index in [1.807, 2.05) is 4.90 Å². The van der Waals surface area contributed by atoms with Crippen LogP contribution in [0.1, 0.15) is 16.8 Å². The van der Waals surface area contributed by atoms with Gasteiger partial charge in [0, 0.05) is 49.0 Å². The Bertz CT molecular complexity index is 1050. The van der Waals surface area contributed by atoms with Gasteiger partial charge in [0.1, 0.15) is 0 Å². The Kier molecular flexibility index (Phi) is 4.82. The van der Waals surface area contributed by atoms with E-state index in [2.05, 4.69) is 9.97 Å². The minimum absolute atomic E-state index is 0.0808. The first-order chi connectivity index (χ1) is 12.1. The fraction of sp³-hybridized carbons (Fsp3) is 0.333. The summed E-state index contributed by atoms with van der Waals surface area (Å²) in [5.41, 5.74) is 0.713. The predicted molar refractivity (Wildman–Crippen MR) is 93.9 cm³/mol. The molecule has 2 aromatic rings. The van der Waals surface area contributed by atoms with Gasteiger partial charge in [0.25, 0.3) is 11.2 Å². The summed E-state index contributed by atoms with van der Waals surface area (Å²) in [6, 6.07) is 4.46. The van der Waals surface area contributed by atoms with Gasteiger partial charge in [-0.05, 0) is 12.1 Å². The SMILES string of the molecule is CS(=O)(=O)c1nc2c(c(=O)[nH]1)CN(Cc1ccc(Cl)cc1[N+](=O)[O-])CC2. The molecule has 1 aliphatic heterocycles. The van der Waals surface area contributed by atoms with Crippen LogP contribution in [-0.4, -0.2) is 41.0 Å². The van der Waals surface area contributed by atoms with E-state index in [1.165, 1.54) is 6.07 Å². The van der Waals surface area contributed by atoms with Gasteiger partial charge in [-0.3, -0.25) is 24.8 Å². The quantitative estimate of drug-likeness (QED) is 0.467. The molecule has 1 aromatic carbocycles. The highest BCUT2D eigenvalue weighted by Gasteiger charge is 2.25. The Morgan fingerprint density at radius 3 is 2.81 bits per heavy atom. The first-order valence-electron chi connectivity index (χ1n) is 7.62. The van der Waals surface area contributed by atoms with E-state index in [0.29, 0.717) is 29.8 Å². The molecule has 0 fully saturated rings. The fourth-order valence-corrected chi connectivity index (χ4v) is 3.57. The molecule has 1 aliphatic rings. The number of hydrogen-bond donors (Lipinski definition) is 1. The molecule has 0 amide bonds. The van der Waals surface area contributed by atoms with Gasteiger partial charge in [-0.1, -0.05) is 11.6 Å². The maximum Gasteiger partial charge on any atom is 0.275 e. The van der Waals surface area contributed by atoms with Crippen LogP contribution in [-0.2, 0) is 29.3 Å².